The van der Waals surface area contributed by atoms with Crippen molar-refractivity contribution < 1.29 is 23.7 Å². The number of ether oxygens (including phenoxy) is 4. The fraction of sp³-hybridized carbons (Fsp3) is 0.346. The Morgan fingerprint density at radius 1 is 1.22 bits per heavy atom. The molecule has 0 saturated carbocycles. The minimum absolute atomic E-state index is 0.250. The first-order chi connectivity index (χ1) is 15.6. The van der Waals surface area contributed by atoms with E-state index in [1.807, 2.05) is 42.5 Å². The zero-order chi connectivity index (χ0) is 21.9. The van der Waals surface area contributed by atoms with Crippen LogP contribution in [0, 0.1) is 5.92 Å². The fourth-order valence-corrected chi connectivity index (χ4v) is 6.10. The van der Waals surface area contributed by atoms with Gasteiger partial charge in [-0.1, -0.05) is 66.6 Å². The highest BCUT2D eigenvalue weighted by molar-refractivity contribution is 6.17. The monoisotopic (exact) mass is 450 g/mol. The van der Waals surface area contributed by atoms with E-state index in [0.717, 1.165) is 29.9 Å². The summed E-state index contributed by atoms with van der Waals surface area (Å²) in [5, 5.41) is 0. The van der Waals surface area contributed by atoms with E-state index in [9.17, 15) is 4.79 Å². The number of hydrogen-bond donors (Lipinski definition) is 0. The lowest BCUT2D eigenvalue weighted by Crippen LogP contribution is -2.50. The maximum absolute atomic E-state index is 12.1. The molecule has 4 unspecified atom stereocenters. The average Bonchev–Trinajstić information content (AvgIpc) is 3.24. The van der Waals surface area contributed by atoms with Crippen molar-refractivity contribution >= 4 is 17.8 Å². The molecule has 6 heteroatoms. The van der Waals surface area contributed by atoms with E-state index >= 15 is 0 Å². The van der Waals surface area contributed by atoms with Crippen molar-refractivity contribution in [3.05, 3.63) is 82.5 Å². The Morgan fingerprint density at radius 3 is 2.88 bits per heavy atom. The van der Waals surface area contributed by atoms with Gasteiger partial charge in [-0.3, -0.25) is 0 Å². The molecule has 0 fully saturated rings. The van der Waals surface area contributed by atoms with Crippen molar-refractivity contribution in [3.8, 4) is 11.5 Å². The first-order valence-corrected chi connectivity index (χ1v) is 11.5. The molecule has 2 bridgehead atoms. The van der Waals surface area contributed by atoms with E-state index in [-0.39, 0.29) is 17.6 Å². The van der Waals surface area contributed by atoms with Gasteiger partial charge < -0.3 is 18.9 Å². The van der Waals surface area contributed by atoms with Gasteiger partial charge in [0, 0.05) is 5.56 Å². The Kier molecular flexibility index (Phi) is 4.51. The molecular formula is C26H23ClO5. The molecule has 0 aromatic heterocycles. The maximum atomic E-state index is 12.1. The van der Waals surface area contributed by atoms with Crippen molar-refractivity contribution in [2.24, 2.45) is 5.92 Å². The second kappa shape index (κ2) is 7.31. The van der Waals surface area contributed by atoms with Gasteiger partial charge in [0.1, 0.15) is 6.61 Å². The number of allylic oxidation sites excluding steroid dienone is 2. The van der Waals surface area contributed by atoms with Crippen molar-refractivity contribution in [3.63, 3.8) is 0 Å². The summed E-state index contributed by atoms with van der Waals surface area (Å²) in [6.45, 7) is 2.73. The van der Waals surface area contributed by atoms with Gasteiger partial charge in [-0.2, -0.15) is 0 Å². The van der Waals surface area contributed by atoms with Crippen LogP contribution in [0.15, 0.2) is 65.8 Å². The fourth-order valence-electron chi connectivity index (χ4n) is 6.01. The summed E-state index contributed by atoms with van der Waals surface area (Å²) in [6, 6.07) is 14.0. The first kappa shape index (κ1) is 19.7. The van der Waals surface area contributed by atoms with Gasteiger partial charge in [0.05, 0.1) is 5.41 Å². The molecule has 1 aliphatic heterocycles. The lowest BCUT2D eigenvalue weighted by atomic mass is 9.64. The van der Waals surface area contributed by atoms with Crippen LogP contribution in [-0.2, 0) is 27.9 Å². The number of carbonyl (C=O) groups excluding carboxylic acids is 1. The molecule has 5 nitrogen and oxygen atoms in total. The summed E-state index contributed by atoms with van der Waals surface area (Å²) in [5.74, 6) is 1.93. The third-order valence-electron chi connectivity index (χ3n) is 7.21. The highest BCUT2D eigenvalue weighted by Crippen LogP contribution is 2.65. The molecule has 6 rings (SSSR count). The molecule has 32 heavy (non-hydrogen) atoms. The van der Waals surface area contributed by atoms with Crippen LogP contribution in [0.3, 0.4) is 0 Å². The summed E-state index contributed by atoms with van der Waals surface area (Å²) >= 11 is 5.54. The van der Waals surface area contributed by atoms with Crippen molar-refractivity contribution in [2.75, 3.05) is 6.07 Å². The first-order valence-electron chi connectivity index (χ1n) is 10.9. The lowest BCUT2D eigenvalue weighted by Gasteiger charge is -2.40. The zero-order valence-electron chi connectivity index (χ0n) is 17.7. The molecule has 0 amide bonds. The molecule has 2 aromatic rings. The van der Waals surface area contributed by atoms with Crippen LogP contribution in [0.2, 0.25) is 0 Å². The van der Waals surface area contributed by atoms with Gasteiger partial charge in [-0.15, -0.1) is 0 Å². The molecule has 164 valence electrons. The smallest absolute Gasteiger partial charge is 0.485 e. The number of alkyl halides is 1. The summed E-state index contributed by atoms with van der Waals surface area (Å²) in [7, 11) is 0. The van der Waals surface area contributed by atoms with Crippen molar-refractivity contribution in [1.29, 1.82) is 0 Å². The number of hydrogen-bond acceptors (Lipinski definition) is 5. The quantitative estimate of drug-likeness (QED) is 0.448. The molecule has 2 aromatic carbocycles. The zero-order valence-corrected chi connectivity index (χ0v) is 18.4. The van der Waals surface area contributed by atoms with Gasteiger partial charge in [0.2, 0.25) is 0 Å². The largest absolute Gasteiger partial charge is 0.510 e. The topological polar surface area (TPSA) is 54.0 Å². The molecule has 1 spiro atoms. The minimum atomic E-state index is -0.791. The molecule has 4 aliphatic rings. The minimum Gasteiger partial charge on any atom is -0.485 e. The Balaban J connectivity index is 1.40. The Labute approximate surface area is 191 Å². The van der Waals surface area contributed by atoms with Crippen LogP contribution >= 0.6 is 11.6 Å². The van der Waals surface area contributed by atoms with E-state index in [1.165, 1.54) is 22.3 Å². The Bertz CT molecular complexity index is 1150. The summed E-state index contributed by atoms with van der Waals surface area (Å²) in [6.07, 6.45) is 4.15. The van der Waals surface area contributed by atoms with Gasteiger partial charge in [-0.05, 0) is 47.6 Å². The third-order valence-corrected chi connectivity index (χ3v) is 7.32. The Morgan fingerprint density at radius 2 is 2.06 bits per heavy atom. The summed E-state index contributed by atoms with van der Waals surface area (Å²) < 4.78 is 23.3. The van der Waals surface area contributed by atoms with Crippen LogP contribution in [0.5, 0.6) is 11.5 Å². The summed E-state index contributed by atoms with van der Waals surface area (Å²) in [5.41, 5.74) is 6.00. The van der Waals surface area contributed by atoms with E-state index in [1.54, 1.807) is 0 Å². The third kappa shape index (κ3) is 2.73. The molecular weight excluding hydrogens is 428 g/mol. The van der Waals surface area contributed by atoms with Crippen LogP contribution in [0.4, 0.5) is 4.79 Å². The SMILES string of the molecule is CC1CC23C4=C1Cc1ccc(OCc5ccccc5)c(c12)OC3C(OC(=O)OCCl)C=C4. The average molecular weight is 451 g/mol. The highest BCUT2D eigenvalue weighted by atomic mass is 35.5. The maximum Gasteiger partial charge on any atom is 0.510 e. The van der Waals surface area contributed by atoms with Gasteiger partial charge >= 0.3 is 6.16 Å². The predicted octanol–water partition coefficient (Wildman–Crippen LogP) is 5.44. The van der Waals surface area contributed by atoms with Crippen molar-refractivity contribution in [2.45, 2.75) is 44.0 Å². The van der Waals surface area contributed by atoms with Gasteiger partial charge in [-0.25, -0.2) is 4.79 Å². The Hall–Kier alpha value is -2.92. The van der Waals surface area contributed by atoms with E-state index in [2.05, 4.69) is 19.1 Å². The van der Waals surface area contributed by atoms with E-state index < -0.39 is 12.3 Å². The van der Waals surface area contributed by atoms with Crippen LogP contribution in [0.25, 0.3) is 0 Å². The second-order valence-electron chi connectivity index (χ2n) is 8.88. The molecule has 1 heterocycles. The molecule has 0 radical (unpaired) electrons. The van der Waals surface area contributed by atoms with Crippen LogP contribution in [0.1, 0.15) is 30.0 Å². The van der Waals surface area contributed by atoms with Gasteiger partial charge in [0.15, 0.2) is 29.8 Å². The number of rotatable bonds is 5. The number of benzene rings is 2. The van der Waals surface area contributed by atoms with Gasteiger partial charge in [0.25, 0.3) is 0 Å². The van der Waals surface area contributed by atoms with Crippen LogP contribution < -0.4 is 9.47 Å². The van der Waals surface area contributed by atoms with Crippen molar-refractivity contribution in [1.82, 2.24) is 0 Å². The van der Waals surface area contributed by atoms with E-state index in [0.29, 0.717) is 12.5 Å². The normalized spacial score (nSPS) is 28.2. The van der Waals surface area contributed by atoms with Crippen LogP contribution in [-0.4, -0.2) is 24.4 Å². The predicted molar refractivity (Wildman–Crippen MR) is 119 cm³/mol. The molecule has 4 atom stereocenters. The summed E-state index contributed by atoms with van der Waals surface area (Å²) in [4.78, 5) is 12.1. The highest BCUT2D eigenvalue weighted by Gasteiger charge is 2.63. The number of halogens is 1. The molecule has 0 N–H and O–H groups in total. The second-order valence-corrected chi connectivity index (χ2v) is 9.10. The van der Waals surface area contributed by atoms with E-state index in [4.69, 9.17) is 30.5 Å². The molecule has 0 saturated heterocycles. The molecule has 3 aliphatic carbocycles. The lowest BCUT2D eigenvalue weighted by molar-refractivity contribution is -0.0121. The number of carbonyl (C=O) groups is 1. The standard InChI is InChI=1S/C26H23ClO5/c1-15-12-26-19-8-10-21(31-25(28)30-14-27)24(26)32-23-20(29-13-16-5-3-2-4-6-16)9-7-17(22(23)26)11-18(15)19/h2-10,15,21,24H,11-14H2,1H3.